The van der Waals surface area contributed by atoms with Gasteiger partial charge in [-0.15, -0.1) is 0 Å². The van der Waals surface area contributed by atoms with Crippen molar-refractivity contribution >= 4 is 38.7 Å². The fourth-order valence-electron chi connectivity index (χ4n) is 3.10. The van der Waals surface area contributed by atoms with Gasteiger partial charge < -0.3 is 4.42 Å². The van der Waals surface area contributed by atoms with Crippen molar-refractivity contribution in [3.8, 4) is 11.1 Å². The van der Waals surface area contributed by atoms with E-state index in [0.717, 1.165) is 35.1 Å². The Kier molecular flexibility index (Phi) is 3.31. The fourth-order valence-corrected chi connectivity index (χ4v) is 3.44. The first kappa shape index (κ1) is 14.2. The molecule has 1 aliphatic carbocycles. The monoisotopic (exact) mass is 369 g/mol. The standard InChI is InChI=1S/C18H12BrNO3/c19-11-8-9-12(16(10-11)20(21)22)14-5-3-6-15-13-4-1-2-7-17(13)23-18(14)15/h2-3,5-10H,1,4H2. The van der Waals surface area contributed by atoms with Crippen LogP contribution in [0.1, 0.15) is 17.7 Å². The SMILES string of the molecule is O=[N+]([O-])c1cc(Br)ccc1-c1cccc2c3c(oc12)C=CCC3. The minimum Gasteiger partial charge on any atom is -0.456 e. The minimum atomic E-state index is -0.359. The van der Waals surface area contributed by atoms with E-state index >= 15 is 0 Å². The van der Waals surface area contributed by atoms with Gasteiger partial charge in [-0.25, -0.2) is 0 Å². The molecule has 4 rings (SSSR count). The molecule has 0 saturated heterocycles. The van der Waals surface area contributed by atoms with Crippen molar-refractivity contribution in [2.75, 3.05) is 0 Å². The van der Waals surface area contributed by atoms with E-state index in [9.17, 15) is 10.1 Å². The predicted molar refractivity (Wildman–Crippen MR) is 93.4 cm³/mol. The van der Waals surface area contributed by atoms with Gasteiger partial charge in [-0.05, 0) is 31.1 Å². The van der Waals surface area contributed by atoms with Crippen LogP contribution in [-0.2, 0) is 6.42 Å². The first-order valence-electron chi connectivity index (χ1n) is 7.30. The predicted octanol–water partition coefficient (Wildman–Crippen LogP) is 5.73. The van der Waals surface area contributed by atoms with E-state index in [-0.39, 0.29) is 10.6 Å². The number of para-hydroxylation sites is 1. The topological polar surface area (TPSA) is 56.3 Å². The number of aryl methyl sites for hydroxylation is 1. The van der Waals surface area contributed by atoms with Crippen LogP contribution in [0.3, 0.4) is 0 Å². The third-order valence-electron chi connectivity index (χ3n) is 4.13. The molecule has 114 valence electrons. The van der Waals surface area contributed by atoms with Crippen molar-refractivity contribution in [2.45, 2.75) is 12.8 Å². The first-order valence-corrected chi connectivity index (χ1v) is 8.09. The van der Waals surface area contributed by atoms with Gasteiger partial charge in [0, 0.05) is 27.1 Å². The lowest BCUT2D eigenvalue weighted by molar-refractivity contribution is -0.384. The molecule has 0 atom stereocenters. The average Bonchev–Trinajstić information content (AvgIpc) is 2.93. The Morgan fingerprint density at radius 1 is 1.17 bits per heavy atom. The summed E-state index contributed by atoms with van der Waals surface area (Å²) in [5, 5.41) is 12.5. The Labute approximate surface area is 140 Å². The van der Waals surface area contributed by atoms with Crippen LogP contribution in [0, 0.1) is 10.1 Å². The summed E-state index contributed by atoms with van der Waals surface area (Å²) < 4.78 is 6.70. The summed E-state index contributed by atoms with van der Waals surface area (Å²) in [7, 11) is 0. The molecule has 0 unspecified atom stereocenters. The largest absolute Gasteiger partial charge is 0.456 e. The van der Waals surface area contributed by atoms with Crippen molar-refractivity contribution in [3.63, 3.8) is 0 Å². The lowest BCUT2D eigenvalue weighted by Crippen LogP contribution is -1.92. The lowest BCUT2D eigenvalue weighted by atomic mass is 9.97. The molecule has 1 aliphatic rings. The van der Waals surface area contributed by atoms with E-state index in [2.05, 4.69) is 22.0 Å². The molecule has 0 amide bonds. The molecule has 0 bridgehead atoms. The molecular weight excluding hydrogens is 358 g/mol. The zero-order chi connectivity index (χ0) is 16.0. The van der Waals surface area contributed by atoms with Crippen LogP contribution in [0.4, 0.5) is 5.69 Å². The minimum absolute atomic E-state index is 0.0665. The summed E-state index contributed by atoms with van der Waals surface area (Å²) in [6.45, 7) is 0. The maximum atomic E-state index is 11.4. The molecule has 0 N–H and O–H groups in total. The highest BCUT2D eigenvalue weighted by Crippen LogP contribution is 2.40. The molecule has 0 radical (unpaired) electrons. The van der Waals surface area contributed by atoms with E-state index in [1.807, 2.05) is 30.3 Å². The number of furan rings is 1. The van der Waals surface area contributed by atoms with Crippen molar-refractivity contribution < 1.29 is 9.34 Å². The molecule has 23 heavy (non-hydrogen) atoms. The smallest absolute Gasteiger partial charge is 0.278 e. The molecule has 1 aromatic heterocycles. The number of hydrogen-bond donors (Lipinski definition) is 0. The first-order chi connectivity index (χ1) is 11.1. The second kappa shape index (κ2) is 5.35. The van der Waals surface area contributed by atoms with E-state index in [1.54, 1.807) is 6.07 Å². The maximum absolute atomic E-state index is 11.4. The van der Waals surface area contributed by atoms with Crippen molar-refractivity contribution in [3.05, 3.63) is 68.4 Å². The summed E-state index contributed by atoms with van der Waals surface area (Å²) in [6, 6.07) is 10.9. The van der Waals surface area contributed by atoms with Gasteiger partial charge >= 0.3 is 0 Å². The summed E-state index contributed by atoms with van der Waals surface area (Å²) >= 11 is 3.30. The molecule has 2 aromatic carbocycles. The normalized spacial score (nSPS) is 13.3. The van der Waals surface area contributed by atoms with E-state index < -0.39 is 0 Å². The number of rotatable bonds is 2. The number of allylic oxidation sites excluding steroid dienone is 1. The molecule has 0 fully saturated rings. The summed E-state index contributed by atoms with van der Waals surface area (Å²) in [5.74, 6) is 0.860. The third kappa shape index (κ3) is 2.28. The average molecular weight is 370 g/mol. The second-order valence-corrected chi connectivity index (χ2v) is 6.40. The molecule has 1 heterocycles. The maximum Gasteiger partial charge on any atom is 0.278 e. The van der Waals surface area contributed by atoms with E-state index in [1.165, 1.54) is 11.6 Å². The number of nitrogens with zero attached hydrogens (tertiary/aromatic N) is 1. The number of nitro benzene ring substituents is 1. The highest BCUT2D eigenvalue weighted by Gasteiger charge is 2.22. The Bertz CT molecular complexity index is 972. The Morgan fingerprint density at radius 3 is 2.87 bits per heavy atom. The van der Waals surface area contributed by atoms with Crippen LogP contribution in [0.5, 0.6) is 0 Å². The van der Waals surface area contributed by atoms with Crippen LogP contribution >= 0.6 is 15.9 Å². The van der Waals surface area contributed by atoms with Gasteiger partial charge in [0.05, 0.1) is 10.5 Å². The second-order valence-electron chi connectivity index (χ2n) is 5.49. The number of hydrogen-bond acceptors (Lipinski definition) is 3. The Morgan fingerprint density at radius 2 is 2.04 bits per heavy atom. The van der Waals surface area contributed by atoms with Gasteiger partial charge in [-0.2, -0.15) is 0 Å². The van der Waals surface area contributed by atoms with Crippen LogP contribution in [0.25, 0.3) is 28.2 Å². The zero-order valence-corrected chi connectivity index (χ0v) is 13.7. The lowest BCUT2D eigenvalue weighted by Gasteiger charge is -2.05. The molecular formula is C18H12BrNO3. The fraction of sp³-hybridized carbons (Fsp3) is 0.111. The number of halogens is 1. The van der Waals surface area contributed by atoms with Gasteiger partial charge in [0.15, 0.2) is 0 Å². The Hall–Kier alpha value is -2.40. The van der Waals surface area contributed by atoms with Crippen LogP contribution in [-0.4, -0.2) is 4.92 Å². The van der Waals surface area contributed by atoms with Gasteiger partial charge in [-0.1, -0.05) is 40.2 Å². The highest BCUT2D eigenvalue weighted by molar-refractivity contribution is 9.10. The van der Waals surface area contributed by atoms with Crippen molar-refractivity contribution in [1.82, 2.24) is 0 Å². The van der Waals surface area contributed by atoms with E-state index in [0.29, 0.717) is 10.0 Å². The van der Waals surface area contributed by atoms with Crippen molar-refractivity contribution in [1.29, 1.82) is 0 Å². The molecule has 5 heteroatoms. The summed E-state index contributed by atoms with van der Waals surface area (Å²) in [6.07, 6.45) is 6.00. The van der Waals surface area contributed by atoms with Crippen LogP contribution < -0.4 is 0 Å². The van der Waals surface area contributed by atoms with Gasteiger partial charge in [0.2, 0.25) is 0 Å². The highest BCUT2D eigenvalue weighted by atomic mass is 79.9. The summed E-state index contributed by atoms with van der Waals surface area (Å²) in [5.41, 5.74) is 3.29. The van der Waals surface area contributed by atoms with Gasteiger partial charge in [-0.3, -0.25) is 10.1 Å². The molecule has 0 spiro atoms. The number of benzene rings is 2. The van der Waals surface area contributed by atoms with Crippen molar-refractivity contribution in [2.24, 2.45) is 0 Å². The quantitative estimate of drug-likeness (QED) is 0.428. The zero-order valence-electron chi connectivity index (χ0n) is 12.1. The van der Waals surface area contributed by atoms with Gasteiger partial charge in [0.25, 0.3) is 5.69 Å². The van der Waals surface area contributed by atoms with E-state index in [4.69, 9.17) is 4.42 Å². The molecule has 3 aromatic rings. The number of nitro groups is 1. The molecule has 4 nitrogen and oxygen atoms in total. The summed E-state index contributed by atoms with van der Waals surface area (Å²) in [4.78, 5) is 11.1. The van der Waals surface area contributed by atoms with Crippen LogP contribution in [0.15, 0.2) is 51.4 Å². The molecule has 0 saturated carbocycles. The number of fused-ring (bicyclic) bond motifs is 3. The Balaban J connectivity index is 2.02. The van der Waals surface area contributed by atoms with Crippen LogP contribution in [0.2, 0.25) is 0 Å². The van der Waals surface area contributed by atoms with Gasteiger partial charge in [0.1, 0.15) is 11.3 Å². The third-order valence-corrected chi connectivity index (χ3v) is 4.62. The molecule has 0 aliphatic heterocycles.